The lowest BCUT2D eigenvalue weighted by molar-refractivity contribution is 0.171. The zero-order chi connectivity index (χ0) is 17.4. The van der Waals surface area contributed by atoms with Crippen molar-refractivity contribution >= 4 is 5.65 Å². The summed E-state index contributed by atoms with van der Waals surface area (Å²) < 4.78 is 14.2. The number of nitrogens with one attached hydrogen (secondary N) is 1. The largest absolute Gasteiger partial charge is 0.486 e. The van der Waals surface area contributed by atoms with Crippen LogP contribution in [0.4, 0.5) is 0 Å². The number of ether oxygens (including phenoxy) is 2. The fourth-order valence-electron chi connectivity index (χ4n) is 2.88. The van der Waals surface area contributed by atoms with Crippen molar-refractivity contribution in [1.29, 1.82) is 0 Å². The maximum atomic E-state index is 12.4. The topological polar surface area (TPSA) is 69.8 Å². The van der Waals surface area contributed by atoms with Gasteiger partial charge in [0.25, 0.3) is 0 Å². The summed E-state index contributed by atoms with van der Waals surface area (Å²) in [4.78, 5) is 12.4. The van der Waals surface area contributed by atoms with Crippen LogP contribution in [0.2, 0.25) is 0 Å². The Morgan fingerprint density at radius 3 is 2.76 bits per heavy atom. The molecule has 3 heterocycles. The van der Waals surface area contributed by atoms with E-state index in [0.717, 1.165) is 17.1 Å². The van der Waals surface area contributed by atoms with E-state index in [1.807, 2.05) is 36.4 Å². The minimum atomic E-state index is -0.370. The number of fused-ring (bicyclic) bond motifs is 2. The van der Waals surface area contributed by atoms with Crippen molar-refractivity contribution in [3.8, 4) is 11.5 Å². The van der Waals surface area contributed by atoms with E-state index in [4.69, 9.17) is 9.47 Å². The normalized spacial score (nSPS) is 14.0. The van der Waals surface area contributed by atoms with Crippen molar-refractivity contribution in [2.75, 3.05) is 13.2 Å². The van der Waals surface area contributed by atoms with Gasteiger partial charge in [0.15, 0.2) is 17.1 Å². The number of nitrogens with zero attached hydrogens (tertiary/aromatic N) is 3. The van der Waals surface area contributed by atoms with Crippen molar-refractivity contribution in [3.63, 3.8) is 0 Å². The standard InChI is InChI=1S/C18H20N4O3/c1-18(2,13-6-7-14-15(11-13)25-10-9-24-14)19-12-22-17(23)21-8-4-3-5-16(21)20-22/h3-8,11,19H,9-10,12H2,1-2H3. The van der Waals surface area contributed by atoms with E-state index in [-0.39, 0.29) is 11.2 Å². The quantitative estimate of drug-likeness (QED) is 0.784. The van der Waals surface area contributed by atoms with Gasteiger partial charge in [0.05, 0.1) is 6.67 Å². The summed E-state index contributed by atoms with van der Waals surface area (Å²) in [5.74, 6) is 1.52. The fourth-order valence-corrected chi connectivity index (χ4v) is 2.88. The van der Waals surface area contributed by atoms with Crippen LogP contribution in [0.3, 0.4) is 0 Å². The highest BCUT2D eigenvalue weighted by molar-refractivity contribution is 5.45. The van der Waals surface area contributed by atoms with Gasteiger partial charge in [0, 0.05) is 11.7 Å². The van der Waals surface area contributed by atoms with Crippen molar-refractivity contribution in [3.05, 3.63) is 58.6 Å². The van der Waals surface area contributed by atoms with Crippen LogP contribution in [0.1, 0.15) is 19.4 Å². The first-order valence-electron chi connectivity index (χ1n) is 8.24. The molecular formula is C18H20N4O3. The molecule has 1 aromatic carbocycles. The number of hydrogen-bond acceptors (Lipinski definition) is 5. The second-order valence-corrected chi connectivity index (χ2v) is 6.53. The zero-order valence-electron chi connectivity index (χ0n) is 14.2. The van der Waals surface area contributed by atoms with E-state index in [0.29, 0.717) is 25.5 Å². The molecule has 0 atom stereocenters. The summed E-state index contributed by atoms with van der Waals surface area (Å²) in [5, 5.41) is 7.73. The number of hydrogen-bond donors (Lipinski definition) is 1. The van der Waals surface area contributed by atoms with Crippen LogP contribution in [-0.4, -0.2) is 27.4 Å². The third kappa shape index (κ3) is 2.87. The average Bonchev–Trinajstić information content (AvgIpc) is 2.96. The Bertz CT molecular complexity index is 974. The summed E-state index contributed by atoms with van der Waals surface area (Å²) >= 11 is 0. The lowest BCUT2D eigenvalue weighted by Gasteiger charge is -2.28. The van der Waals surface area contributed by atoms with Crippen LogP contribution in [0.15, 0.2) is 47.4 Å². The summed E-state index contributed by atoms with van der Waals surface area (Å²) in [6, 6.07) is 11.4. The molecule has 0 saturated heterocycles. The van der Waals surface area contributed by atoms with Crippen LogP contribution in [0.25, 0.3) is 5.65 Å². The predicted molar refractivity (Wildman–Crippen MR) is 93.0 cm³/mol. The highest BCUT2D eigenvalue weighted by Gasteiger charge is 2.23. The van der Waals surface area contributed by atoms with E-state index >= 15 is 0 Å². The van der Waals surface area contributed by atoms with E-state index in [2.05, 4.69) is 24.3 Å². The maximum absolute atomic E-state index is 12.4. The van der Waals surface area contributed by atoms with Gasteiger partial charge in [0.1, 0.15) is 13.2 Å². The van der Waals surface area contributed by atoms with Gasteiger partial charge in [-0.3, -0.25) is 9.72 Å². The van der Waals surface area contributed by atoms with Gasteiger partial charge in [-0.15, -0.1) is 5.10 Å². The Hall–Kier alpha value is -2.80. The van der Waals surface area contributed by atoms with Crippen LogP contribution in [-0.2, 0) is 12.2 Å². The van der Waals surface area contributed by atoms with Crippen LogP contribution in [0.5, 0.6) is 11.5 Å². The minimum absolute atomic E-state index is 0.166. The SMILES string of the molecule is CC(C)(NCn1nc2ccccn2c1=O)c1ccc2c(c1)OCCO2. The molecule has 0 unspecified atom stereocenters. The van der Waals surface area contributed by atoms with Crippen molar-refractivity contribution in [1.82, 2.24) is 19.5 Å². The first kappa shape index (κ1) is 15.7. The smallest absolute Gasteiger partial charge is 0.351 e. The zero-order valence-corrected chi connectivity index (χ0v) is 14.2. The van der Waals surface area contributed by atoms with E-state index in [1.54, 1.807) is 6.20 Å². The molecule has 7 nitrogen and oxygen atoms in total. The third-order valence-electron chi connectivity index (χ3n) is 4.42. The first-order chi connectivity index (χ1) is 12.0. The van der Waals surface area contributed by atoms with E-state index < -0.39 is 0 Å². The van der Waals surface area contributed by atoms with Crippen molar-refractivity contribution < 1.29 is 9.47 Å². The monoisotopic (exact) mass is 340 g/mol. The Morgan fingerprint density at radius 1 is 1.16 bits per heavy atom. The van der Waals surface area contributed by atoms with Gasteiger partial charge < -0.3 is 9.47 Å². The first-order valence-corrected chi connectivity index (χ1v) is 8.24. The van der Waals surface area contributed by atoms with Gasteiger partial charge in [-0.25, -0.2) is 4.79 Å². The van der Waals surface area contributed by atoms with Crippen molar-refractivity contribution in [2.45, 2.75) is 26.1 Å². The van der Waals surface area contributed by atoms with E-state index in [1.165, 1.54) is 9.08 Å². The number of pyridine rings is 1. The molecule has 0 amide bonds. The second-order valence-electron chi connectivity index (χ2n) is 6.53. The molecule has 0 bridgehead atoms. The Morgan fingerprint density at radius 2 is 1.96 bits per heavy atom. The molecule has 0 fully saturated rings. The molecule has 0 aliphatic carbocycles. The van der Waals surface area contributed by atoms with Crippen molar-refractivity contribution in [2.24, 2.45) is 0 Å². The molecule has 7 heteroatoms. The van der Waals surface area contributed by atoms with Gasteiger partial charge in [0.2, 0.25) is 0 Å². The molecule has 0 spiro atoms. The third-order valence-corrected chi connectivity index (χ3v) is 4.42. The van der Waals surface area contributed by atoms with Crippen LogP contribution >= 0.6 is 0 Å². The fraction of sp³-hybridized carbons (Fsp3) is 0.333. The molecule has 1 aliphatic heterocycles. The van der Waals surface area contributed by atoms with Gasteiger partial charge >= 0.3 is 5.69 Å². The van der Waals surface area contributed by atoms with Crippen LogP contribution in [0, 0.1) is 0 Å². The van der Waals surface area contributed by atoms with Crippen LogP contribution < -0.4 is 20.5 Å². The highest BCUT2D eigenvalue weighted by atomic mass is 16.6. The lowest BCUT2D eigenvalue weighted by Crippen LogP contribution is -2.40. The van der Waals surface area contributed by atoms with Gasteiger partial charge in [-0.2, -0.15) is 4.68 Å². The average molecular weight is 340 g/mol. The summed E-state index contributed by atoms with van der Waals surface area (Å²) in [7, 11) is 0. The van der Waals surface area contributed by atoms with Gasteiger partial charge in [-0.05, 0) is 43.7 Å². The van der Waals surface area contributed by atoms with E-state index in [9.17, 15) is 4.79 Å². The molecule has 1 aliphatic rings. The maximum Gasteiger partial charge on any atom is 0.351 e. The predicted octanol–water partition coefficient (Wildman–Crippen LogP) is 1.75. The molecule has 4 rings (SSSR count). The second kappa shape index (κ2) is 5.93. The number of rotatable bonds is 4. The number of aromatic nitrogens is 3. The van der Waals surface area contributed by atoms with Gasteiger partial charge in [-0.1, -0.05) is 12.1 Å². The molecular weight excluding hydrogens is 320 g/mol. The molecule has 2 aromatic heterocycles. The summed E-state index contributed by atoms with van der Waals surface area (Å²) in [5.41, 5.74) is 1.14. The highest BCUT2D eigenvalue weighted by Crippen LogP contribution is 2.34. The summed E-state index contributed by atoms with van der Waals surface area (Å²) in [6.07, 6.45) is 1.72. The number of benzene rings is 1. The lowest BCUT2D eigenvalue weighted by atomic mass is 9.94. The Labute approximate surface area is 144 Å². The molecule has 25 heavy (non-hydrogen) atoms. The molecule has 3 aromatic rings. The molecule has 130 valence electrons. The molecule has 0 radical (unpaired) electrons. The Kier molecular flexibility index (Phi) is 3.73. The molecule has 0 saturated carbocycles. The Balaban J connectivity index is 1.56. The minimum Gasteiger partial charge on any atom is -0.486 e. The summed E-state index contributed by atoms with van der Waals surface area (Å²) in [6.45, 7) is 5.55. The molecule has 1 N–H and O–H groups in total.